The van der Waals surface area contributed by atoms with Crippen LogP contribution in [0, 0.1) is 0 Å². The van der Waals surface area contributed by atoms with E-state index in [1.807, 2.05) is 43.3 Å². The fraction of sp³-hybridized carbons (Fsp3) is 0.250. The summed E-state index contributed by atoms with van der Waals surface area (Å²) in [5, 5.41) is 2.71. The molecule has 1 aromatic carbocycles. The second-order valence-electron chi connectivity index (χ2n) is 3.06. The van der Waals surface area contributed by atoms with Gasteiger partial charge in [-0.1, -0.05) is 24.3 Å². The summed E-state index contributed by atoms with van der Waals surface area (Å²) < 4.78 is 5.48. The number of carbonyl (C=O) groups is 1. The first-order valence-corrected chi connectivity index (χ1v) is 4.84. The summed E-state index contributed by atoms with van der Waals surface area (Å²) in [5.41, 5.74) is 0.703. The van der Waals surface area contributed by atoms with E-state index in [4.69, 9.17) is 4.74 Å². The number of amides is 1. The van der Waals surface area contributed by atoms with Crippen LogP contribution in [0.2, 0.25) is 0 Å². The van der Waals surface area contributed by atoms with Gasteiger partial charge in [-0.05, 0) is 19.1 Å². The highest BCUT2D eigenvalue weighted by Gasteiger charge is 2.02. The molecule has 0 heterocycles. The van der Waals surface area contributed by atoms with Crippen LogP contribution < -0.4 is 10.1 Å². The van der Waals surface area contributed by atoms with Crippen molar-refractivity contribution in [1.29, 1.82) is 0 Å². The highest BCUT2D eigenvalue weighted by molar-refractivity contribution is 5.90. The van der Waals surface area contributed by atoms with Gasteiger partial charge in [-0.25, -0.2) is 0 Å². The van der Waals surface area contributed by atoms with Gasteiger partial charge in [0.2, 0.25) is 5.91 Å². The van der Waals surface area contributed by atoms with Gasteiger partial charge in [0.05, 0.1) is 5.69 Å². The Morgan fingerprint density at radius 2 is 2.20 bits per heavy atom. The first-order chi connectivity index (χ1) is 7.24. The summed E-state index contributed by atoms with van der Waals surface area (Å²) in [6.07, 6.45) is 3.82. The van der Waals surface area contributed by atoms with Gasteiger partial charge in [0, 0.05) is 6.92 Å². The first kappa shape index (κ1) is 11.3. The molecule has 1 rings (SSSR count). The standard InChI is InChI=1S/C12H15NO2/c1-3-4-9-15-12-8-6-5-7-11(12)13-10(2)14/h3-8H,9H2,1-2H3,(H,13,14)/b4-3-. The summed E-state index contributed by atoms with van der Waals surface area (Å²) in [5.74, 6) is 0.586. The van der Waals surface area contributed by atoms with Crippen molar-refractivity contribution >= 4 is 11.6 Å². The Morgan fingerprint density at radius 1 is 1.47 bits per heavy atom. The molecule has 1 aromatic rings. The Balaban J connectivity index is 2.72. The van der Waals surface area contributed by atoms with Crippen LogP contribution in [0.25, 0.3) is 0 Å². The minimum atomic E-state index is -0.0999. The van der Waals surface area contributed by atoms with Gasteiger partial charge in [0.25, 0.3) is 0 Å². The van der Waals surface area contributed by atoms with Crippen molar-refractivity contribution in [2.24, 2.45) is 0 Å². The van der Waals surface area contributed by atoms with Crippen molar-refractivity contribution in [2.45, 2.75) is 13.8 Å². The molecular formula is C12H15NO2. The number of para-hydroxylation sites is 2. The van der Waals surface area contributed by atoms with Gasteiger partial charge in [-0.15, -0.1) is 0 Å². The lowest BCUT2D eigenvalue weighted by Gasteiger charge is -2.09. The van der Waals surface area contributed by atoms with E-state index < -0.39 is 0 Å². The van der Waals surface area contributed by atoms with Crippen LogP contribution in [0.3, 0.4) is 0 Å². The molecule has 80 valence electrons. The molecule has 0 aliphatic rings. The predicted octanol–water partition coefficient (Wildman–Crippen LogP) is 2.60. The van der Waals surface area contributed by atoms with E-state index in [9.17, 15) is 4.79 Å². The molecule has 0 saturated heterocycles. The number of rotatable bonds is 4. The number of carbonyl (C=O) groups excluding carboxylic acids is 1. The Morgan fingerprint density at radius 3 is 2.87 bits per heavy atom. The first-order valence-electron chi connectivity index (χ1n) is 4.84. The van der Waals surface area contributed by atoms with E-state index >= 15 is 0 Å². The Labute approximate surface area is 89.8 Å². The molecule has 0 aliphatic heterocycles. The number of anilines is 1. The van der Waals surface area contributed by atoms with E-state index in [-0.39, 0.29) is 5.91 Å². The van der Waals surface area contributed by atoms with Crippen molar-refractivity contribution in [3.05, 3.63) is 36.4 Å². The molecule has 0 unspecified atom stereocenters. The fourth-order valence-electron chi connectivity index (χ4n) is 1.12. The van der Waals surface area contributed by atoms with Crippen LogP contribution in [0.5, 0.6) is 5.75 Å². The summed E-state index contributed by atoms with van der Waals surface area (Å²) in [6.45, 7) is 3.92. The van der Waals surface area contributed by atoms with Crippen LogP contribution in [0.4, 0.5) is 5.69 Å². The van der Waals surface area contributed by atoms with Crippen molar-refractivity contribution in [1.82, 2.24) is 0 Å². The number of hydrogen-bond donors (Lipinski definition) is 1. The molecule has 0 bridgehead atoms. The average Bonchev–Trinajstić information content (AvgIpc) is 2.20. The van der Waals surface area contributed by atoms with Crippen molar-refractivity contribution in [2.75, 3.05) is 11.9 Å². The SMILES string of the molecule is C/C=C\COc1ccccc1NC(C)=O. The summed E-state index contributed by atoms with van der Waals surface area (Å²) in [6, 6.07) is 7.37. The van der Waals surface area contributed by atoms with Crippen molar-refractivity contribution in [3.63, 3.8) is 0 Å². The molecule has 0 aliphatic carbocycles. The lowest BCUT2D eigenvalue weighted by Crippen LogP contribution is -2.07. The van der Waals surface area contributed by atoms with E-state index in [1.165, 1.54) is 6.92 Å². The van der Waals surface area contributed by atoms with E-state index in [0.717, 1.165) is 0 Å². The Hall–Kier alpha value is -1.77. The molecular weight excluding hydrogens is 190 g/mol. The number of hydrogen-bond acceptors (Lipinski definition) is 2. The maximum atomic E-state index is 10.9. The second-order valence-corrected chi connectivity index (χ2v) is 3.06. The third kappa shape index (κ3) is 3.85. The van der Waals surface area contributed by atoms with E-state index in [2.05, 4.69) is 5.32 Å². The number of nitrogens with one attached hydrogen (secondary N) is 1. The molecule has 0 atom stereocenters. The Bertz CT molecular complexity index is 358. The topological polar surface area (TPSA) is 38.3 Å². The molecule has 3 nitrogen and oxygen atoms in total. The van der Waals surface area contributed by atoms with Crippen LogP contribution in [0.1, 0.15) is 13.8 Å². The Kier molecular flexibility index (Phi) is 4.41. The maximum Gasteiger partial charge on any atom is 0.221 e. The highest BCUT2D eigenvalue weighted by atomic mass is 16.5. The number of allylic oxidation sites excluding steroid dienone is 1. The minimum absolute atomic E-state index is 0.0999. The molecule has 1 N–H and O–H groups in total. The zero-order valence-electron chi connectivity index (χ0n) is 8.99. The summed E-state index contributed by atoms with van der Waals surface area (Å²) in [4.78, 5) is 10.9. The van der Waals surface area contributed by atoms with Crippen molar-refractivity contribution in [3.8, 4) is 5.75 Å². The molecule has 1 amide bonds. The number of benzene rings is 1. The molecule has 0 fully saturated rings. The van der Waals surface area contributed by atoms with Gasteiger partial charge in [-0.2, -0.15) is 0 Å². The summed E-state index contributed by atoms with van der Waals surface area (Å²) in [7, 11) is 0. The van der Waals surface area contributed by atoms with E-state index in [1.54, 1.807) is 0 Å². The van der Waals surface area contributed by atoms with Gasteiger partial charge in [0.15, 0.2) is 0 Å². The zero-order chi connectivity index (χ0) is 11.1. The molecule has 0 radical (unpaired) electrons. The second kappa shape index (κ2) is 5.86. The van der Waals surface area contributed by atoms with Crippen molar-refractivity contribution < 1.29 is 9.53 Å². The quantitative estimate of drug-likeness (QED) is 0.767. The van der Waals surface area contributed by atoms with Crippen LogP contribution in [-0.4, -0.2) is 12.5 Å². The average molecular weight is 205 g/mol. The van der Waals surface area contributed by atoms with Gasteiger partial charge in [-0.3, -0.25) is 4.79 Å². The van der Waals surface area contributed by atoms with Crippen LogP contribution in [0.15, 0.2) is 36.4 Å². The third-order valence-electron chi connectivity index (χ3n) is 1.77. The number of ether oxygens (including phenoxy) is 1. The predicted molar refractivity (Wildman–Crippen MR) is 61.1 cm³/mol. The lowest BCUT2D eigenvalue weighted by atomic mass is 10.3. The van der Waals surface area contributed by atoms with E-state index in [0.29, 0.717) is 18.0 Å². The zero-order valence-corrected chi connectivity index (χ0v) is 8.99. The van der Waals surface area contributed by atoms with Gasteiger partial charge in [0.1, 0.15) is 12.4 Å². The third-order valence-corrected chi connectivity index (χ3v) is 1.77. The van der Waals surface area contributed by atoms with Gasteiger partial charge < -0.3 is 10.1 Å². The van der Waals surface area contributed by atoms with Crippen LogP contribution in [-0.2, 0) is 4.79 Å². The maximum absolute atomic E-state index is 10.9. The fourth-order valence-corrected chi connectivity index (χ4v) is 1.12. The monoisotopic (exact) mass is 205 g/mol. The van der Waals surface area contributed by atoms with Gasteiger partial charge >= 0.3 is 0 Å². The van der Waals surface area contributed by atoms with Crippen LogP contribution >= 0.6 is 0 Å². The normalized spacial score (nSPS) is 10.3. The molecule has 15 heavy (non-hydrogen) atoms. The molecule has 0 aromatic heterocycles. The molecule has 0 spiro atoms. The largest absolute Gasteiger partial charge is 0.487 e. The smallest absolute Gasteiger partial charge is 0.221 e. The molecule has 3 heteroatoms. The minimum Gasteiger partial charge on any atom is -0.487 e. The summed E-state index contributed by atoms with van der Waals surface area (Å²) >= 11 is 0. The molecule has 0 saturated carbocycles. The highest BCUT2D eigenvalue weighted by Crippen LogP contribution is 2.23. The lowest BCUT2D eigenvalue weighted by molar-refractivity contribution is -0.114.